The van der Waals surface area contributed by atoms with Crippen LogP contribution in [0.3, 0.4) is 0 Å². The summed E-state index contributed by atoms with van der Waals surface area (Å²) in [6.45, 7) is 3.32. The van der Waals surface area contributed by atoms with Crippen molar-refractivity contribution in [2.24, 2.45) is 23.2 Å². The summed E-state index contributed by atoms with van der Waals surface area (Å²) >= 11 is 0. The van der Waals surface area contributed by atoms with E-state index in [0.717, 1.165) is 42.6 Å². The number of carbonyl (C=O) groups is 2. The van der Waals surface area contributed by atoms with Crippen LogP contribution in [0, 0.1) is 23.2 Å². The molecule has 0 radical (unpaired) electrons. The van der Waals surface area contributed by atoms with E-state index in [-0.39, 0.29) is 17.2 Å². The molecule has 4 bridgehead atoms. The van der Waals surface area contributed by atoms with Crippen LogP contribution in [0.2, 0.25) is 0 Å². The molecule has 1 aromatic rings. The number of rotatable bonds is 8. The van der Waals surface area contributed by atoms with Gasteiger partial charge in [0.05, 0.1) is 6.61 Å². The van der Waals surface area contributed by atoms with Crippen LogP contribution in [0.25, 0.3) is 0 Å². The maximum atomic E-state index is 12.9. The number of hydrogen-bond acceptors (Lipinski definition) is 4. The van der Waals surface area contributed by atoms with Crippen LogP contribution in [0.5, 0.6) is 5.88 Å². The predicted octanol–water partition coefficient (Wildman–Crippen LogP) is 2.82. The van der Waals surface area contributed by atoms with Gasteiger partial charge < -0.3 is 15.4 Å². The molecular formula is C22H31N3O3. The monoisotopic (exact) mass is 385 g/mol. The molecule has 0 saturated heterocycles. The molecular weight excluding hydrogens is 354 g/mol. The van der Waals surface area contributed by atoms with Gasteiger partial charge in [-0.3, -0.25) is 9.59 Å². The smallest absolute Gasteiger partial charge is 0.226 e. The third-order valence-corrected chi connectivity index (χ3v) is 6.74. The lowest BCUT2D eigenvalue weighted by Gasteiger charge is -2.55. The Morgan fingerprint density at radius 2 is 1.82 bits per heavy atom. The second-order valence-corrected chi connectivity index (χ2v) is 8.92. The molecule has 0 atom stereocenters. The van der Waals surface area contributed by atoms with Crippen LogP contribution in [-0.2, 0) is 16.1 Å². The molecule has 1 heterocycles. The summed E-state index contributed by atoms with van der Waals surface area (Å²) < 4.78 is 5.37. The number of pyridine rings is 1. The van der Waals surface area contributed by atoms with Gasteiger partial charge in [0.2, 0.25) is 17.7 Å². The Balaban J connectivity index is 1.20. The van der Waals surface area contributed by atoms with Crippen LogP contribution in [0.4, 0.5) is 0 Å². The average Bonchev–Trinajstić information content (AvgIpc) is 2.66. The minimum Gasteiger partial charge on any atom is -0.478 e. The summed E-state index contributed by atoms with van der Waals surface area (Å²) in [7, 11) is 0. The number of carbonyl (C=O) groups excluding carboxylic acids is 2. The van der Waals surface area contributed by atoms with Gasteiger partial charge in [0.15, 0.2) is 0 Å². The van der Waals surface area contributed by atoms with E-state index in [0.29, 0.717) is 32.0 Å². The Hall–Kier alpha value is -2.11. The summed E-state index contributed by atoms with van der Waals surface area (Å²) in [5.74, 6) is 2.96. The van der Waals surface area contributed by atoms with Crippen molar-refractivity contribution < 1.29 is 14.3 Å². The van der Waals surface area contributed by atoms with Crippen molar-refractivity contribution in [3.63, 3.8) is 0 Å². The highest BCUT2D eigenvalue weighted by molar-refractivity contribution is 5.84. The summed E-state index contributed by atoms with van der Waals surface area (Å²) in [6, 6.07) is 3.69. The molecule has 0 aliphatic heterocycles. The highest BCUT2D eigenvalue weighted by atomic mass is 16.5. The van der Waals surface area contributed by atoms with Crippen LogP contribution in [-0.4, -0.2) is 29.9 Å². The van der Waals surface area contributed by atoms with Gasteiger partial charge in [0, 0.05) is 37.2 Å². The highest BCUT2D eigenvalue weighted by Crippen LogP contribution is 2.60. The van der Waals surface area contributed by atoms with E-state index in [9.17, 15) is 9.59 Å². The van der Waals surface area contributed by atoms with Crippen molar-refractivity contribution in [1.29, 1.82) is 0 Å². The molecule has 5 rings (SSSR count). The number of nitrogens with zero attached hydrogens (tertiary/aromatic N) is 1. The van der Waals surface area contributed by atoms with Crippen molar-refractivity contribution in [2.75, 3.05) is 13.2 Å². The minimum atomic E-state index is -0.141. The molecule has 28 heavy (non-hydrogen) atoms. The van der Waals surface area contributed by atoms with Gasteiger partial charge in [-0.2, -0.15) is 0 Å². The fraction of sp³-hybridized carbons (Fsp3) is 0.682. The molecule has 0 aromatic carbocycles. The van der Waals surface area contributed by atoms with Crippen LogP contribution in [0.15, 0.2) is 18.3 Å². The average molecular weight is 386 g/mol. The summed E-state index contributed by atoms with van der Waals surface area (Å²) in [4.78, 5) is 29.2. The van der Waals surface area contributed by atoms with Gasteiger partial charge in [-0.1, -0.05) is 0 Å². The molecule has 2 amide bonds. The molecule has 4 fully saturated rings. The van der Waals surface area contributed by atoms with Gasteiger partial charge in [-0.05, 0) is 74.8 Å². The maximum Gasteiger partial charge on any atom is 0.226 e. The zero-order valence-electron chi connectivity index (χ0n) is 16.7. The van der Waals surface area contributed by atoms with Gasteiger partial charge >= 0.3 is 0 Å². The van der Waals surface area contributed by atoms with Gasteiger partial charge in [0.1, 0.15) is 0 Å². The van der Waals surface area contributed by atoms with E-state index in [1.165, 1.54) is 19.3 Å². The van der Waals surface area contributed by atoms with Crippen LogP contribution >= 0.6 is 0 Å². The quantitative estimate of drug-likeness (QED) is 0.721. The first kappa shape index (κ1) is 19.2. The Morgan fingerprint density at radius 1 is 1.14 bits per heavy atom. The van der Waals surface area contributed by atoms with E-state index >= 15 is 0 Å². The fourth-order valence-electron chi connectivity index (χ4n) is 5.94. The van der Waals surface area contributed by atoms with Crippen molar-refractivity contribution >= 4 is 11.8 Å². The second kappa shape index (κ2) is 8.10. The summed E-state index contributed by atoms with van der Waals surface area (Å²) in [5.41, 5.74) is 0.808. The van der Waals surface area contributed by atoms with Crippen molar-refractivity contribution in [1.82, 2.24) is 15.6 Å². The molecule has 4 aliphatic rings. The Kier molecular flexibility index (Phi) is 5.56. The van der Waals surface area contributed by atoms with E-state index < -0.39 is 0 Å². The molecule has 4 aliphatic carbocycles. The van der Waals surface area contributed by atoms with Gasteiger partial charge in [-0.15, -0.1) is 0 Å². The second-order valence-electron chi connectivity index (χ2n) is 8.92. The topological polar surface area (TPSA) is 80.3 Å². The summed E-state index contributed by atoms with van der Waals surface area (Å²) in [6.07, 6.45) is 9.14. The Labute approximate surface area is 166 Å². The molecule has 4 saturated carbocycles. The lowest BCUT2D eigenvalue weighted by molar-refractivity contribution is -0.146. The fourth-order valence-corrected chi connectivity index (χ4v) is 5.94. The zero-order valence-corrected chi connectivity index (χ0v) is 16.7. The molecule has 0 spiro atoms. The summed E-state index contributed by atoms with van der Waals surface area (Å²) in [5, 5.41) is 5.97. The van der Waals surface area contributed by atoms with Crippen molar-refractivity contribution in [2.45, 2.75) is 58.4 Å². The minimum absolute atomic E-state index is 0.0550. The van der Waals surface area contributed by atoms with Crippen molar-refractivity contribution in [3.8, 4) is 5.88 Å². The Bertz CT molecular complexity index is 698. The lowest BCUT2D eigenvalue weighted by atomic mass is 9.49. The first-order valence-corrected chi connectivity index (χ1v) is 10.7. The largest absolute Gasteiger partial charge is 0.478 e. The zero-order chi connectivity index (χ0) is 19.6. The first-order chi connectivity index (χ1) is 13.6. The SMILES string of the molecule is CCOc1cc(CNC(=O)CCNC(=O)C23CC4CC(CC(C4)C2)C3)ccn1. The molecule has 1 aromatic heterocycles. The lowest BCUT2D eigenvalue weighted by Crippen LogP contribution is -2.53. The third-order valence-electron chi connectivity index (χ3n) is 6.74. The van der Waals surface area contributed by atoms with E-state index in [4.69, 9.17) is 4.74 Å². The number of hydrogen-bond donors (Lipinski definition) is 2. The molecule has 6 heteroatoms. The van der Waals surface area contributed by atoms with E-state index in [2.05, 4.69) is 15.6 Å². The normalized spacial score (nSPS) is 30.1. The number of nitrogens with one attached hydrogen (secondary N) is 2. The van der Waals surface area contributed by atoms with E-state index in [1.54, 1.807) is 6.20 Å². The number of amides is 2. The Morgan fingerprint density at radius 3 is 2.46 bits per heavy atom. The molecule has 6 nitrogen and oxygen atoms in total. The maximum absolute atomic E-state index is 12.9. The number of aromatic nitrogens is 1. The number of ether oxygens (including phenoxy) is 1. The van der Waals surface area contributed by atoms with Crippen molar-refractivity contribution in [3.05, 3.63) is 23.9 Å². The van der Waals surface area contributed by atoms with Gasteiger partial charge in [0.25, 0.3) is 0 Å². The molecule has 152 valence electrons. The predicted molar refractivity (Wildman–Crippen MR) is 105 cm³/mol. The van der Waals surface area contributed by atoms with Crippen LogP contribution < -0.4 is 15.4 Å². The standard InChI is InChI=1S/C22H31N3O3/c1-2-28-20-10-15(3-5-23-20)14-25-19(26)4-6-24-21(27)22-11-16-7-17(12-22)9-18(8-16)13-22/h3,5,10,16-18H,2,4,6-9,11-14H2,1H3,(H,24,27)(H,25,26). The molecule has 2 N–H and O–H groups in total. The van der Waals surface area contributed by atoms with Gasteiger partial charge in [-0.25, -0.2) is 4.98 Å². The van der Waals surface area contributed by atoms with E-state index in [1.807, 2.05) is 19.1 Å². The third kappa shape index (κ3) is 4.15. The van der Waals surface area contributed by atoms with Crippen LogP contribution in [0.1, 0.15) is 57.4 Å². The first-order valence-electron chi connectivity index (χ1n) is 10.7. The highest BCUT2D eigenvalue weighted by Gasteiger charge is 2.54. The molecule has 0 unspecified atom stereocenters.